The number of aromatic amines is 1. The molecule has 8 heteroatoms. The Balaban J connectivity index is 2.02. The quantitative estimate of drug-likeness (QED) is 0.436. The van der Waals surface area contributed by atoms with Crippen LogP contribution in [0, 0.1) is 25.3 Å². The number of ether oxygens (including phenoxy) is 1. The largest absolute Gasteiger partial charge is 0.496 e. The number of methoxy groups -OCH3 is 1. The molecule has 0 aliphatic carbocycles. The van der Waals surface area contributed by atoms with Crippen LogP contribution in [0.5, 0.6) is 5.75 Å². The van der Waals surface area contributed by atoms with Crippen molar-refractivity contribution in [3.63, 3.8) is 0 Å². The lowest BCUT2D eigenvalue weighted by Gasteiger charge is -2.10. The second-order valence-electron chi connectivity index (χ2n) is 5.61. The molecule has 3 aromatic heterocycles. The molecule has 0 atom stereocenters. The van der Waals surface area contributed by atoms with Gasteiger partial charge in [0.15, 0.2) is 6.19 Å². The smallest absolute Gasteiger partial charge is 0.214 e. The van der Waals surface area contributed by atoms with Crippen LogP contribution in [0.1, 0.15) is 11.5 Å². The minimum Gasteiger partial charge on any atom is -0.496 e. The van der Waals surface area contributed by atoms with Crippen LogP contribution in [0.4, 0.5) is 5.95 Å². The Morgan fingerprint density at radius 2 is 2.16 bits per heavy atom. The molecule has 3 heterocycles. The van der Waals surface area contributed by atoms with E-state index in [1.54, 1.807) is 13.3 Å². The van der Waals surface area contributed by atoms with Crippen molar-refractivity contribution in [1.82, 2.24) is 20.1 Å². The van der Waals surface area contributed by atoms with Gasteiger partial charge in [0.25, 0.3) is 0 Å². The van der Waals surface area contributed by atoms with E-state index in [9.17, 15) is 0 Å². The zero-order chi connectivity index (χ0) is 17.6. The number of benzene rings is 1. The summed E-state index contributed by atoms with van der Waals surface area (Å²) >= 11 is 0. The topological polar surface area (TPSA) is 113 Å². The maximum absolute atomic E-state index is 8.76. The van der Waals surface area contributed by atoms with Gasteiger partial charge in [0.05, 0.1) is 35.6 Å². The Morgan fingerprint density at radius 3 is 2.84 bits per heavy atom. The van der Waals surface area contributed by atoms with Crippen molar-refractivity contribution in [3.8, 4) is 23.1 Å². The highest BCUT2D eigenvalue weighted by Gasteiger charge is 2.18. The second-order valence-corrected chi connectivity index (χ2v) is 5.61. The third-order valence-corrected chi connectivity index (χ3v) is 4.11. The number of hydrogen-bond acceptors (Lipinski definition) is 7. The van der Waals surface area contributed by atoms with Gasteiger partial charge >= 0.3 is 0 Å². The van der Waals surface area contributed by atoms with Crippen molar-refractivity contribution in [2.75, 3.05) is 12.4 Å². The van der Waals surface area contributed by atoms with Crippen molar-refractivity contribution in [1.29, 1.82) is 5.26 Å². The van der Waals surface area contributed by atoms with Crippen molar-refractivity contribution in [2.24, 2.45) is 0 Å². The first-order valence-electron chi connectivity index (χ1n) is 7.57. The molecule has 25 heavy (non-hydrogen) atoms. The molecule has 1 aromatic carbocycles. The summed E-state index contributed by atoms with van der Waals surface area (Å²) in [5.41, 5.74) is 4.76. The maximum atomic E-state index is 8.76. The first-order chi connectivity index (χ1) is 12.1. The number of imidazole rings is 1. The van der Waals surface area contributed by atoms with Crippen LogP contribution in [0.3, 0.4) is 0 Å². The van der Waals surface area contributed by atoms with Crippen LogP contribution < -0.4 is 10.1 Å². The molecule has 0 amide bonds. The lowest BCUT2D eigenvalue weighted by Crippen LogP contribution is -1.92. The van der Waals surface area contributed by atoms with E-state index < -0.39 is 0 Å². The molecule has 0 fully saturated rings. The van der Waals surface area contributed by atoms with Crippen molar-refractivity contribution < 1.29 is 9.26 Å². The van der Waals surface area contributed by atoms with Gasteiger partial charge < -0.3 is 14.2 Å². The van der Waals surface area contributed by atoms with Gasteiger partial charge in [-0.15, -0.1) is 0 Å². The van der Waals surface area contributed by atoms with Gasteiger partial charge in [-0.2, -0.15) is 5.26 Å². The summed E-state index contributed by atoms with van der Waals surface area (Å²) in [6.07, 6.45) is 3.54. The summed E-state index contributed by atoms with van der Waals surface area (Å²) in [5.74, 6) is 1.77. The molecule has 0 aliphatic rings. The number of hydrogen-bond donors (Lipinski definition) is 2. The third kappa shape index (κ3) is 2.25. The predicted octanol–water partition coefficient (Wildman–Crippen LogP) is 3.28. The lowest BCUT2D eigenvalue weighted by molar-refractivity contribution is 0.393. The Morgan fingerprint density at radius 1 is 1.32 bits per heavy atom. The van der Waals surface area contributed by atoms with Crippen LogP contribution in [-0.4, -0.2) is 27.2 Å². The molecule has 4 rings (SSSR count). The van der Waals surface area contributed by atoms with Gasteiger partial charge in [-0.3, -0.25) is 10.3 Å². The second kappa shape index (κ2) is 5.49. The van der Waals surface area contributed by atoms with E-state index in [1.807, 2.05) is 32.2 Å². The molecule has 0 bridgehead atoms. The molecule has 0 unspecified atom stereocenters. The highest BCUT2D eigenvalue weighted by molar-refractivity contribution is 6.05. The number of nitrogens with one attached hydrogen (secondary N) is 2. The van der Waals surface area contributed by atoms with Crippen LogP contribution in [0.15, 0.2) is 22.9 Å². The number of fused-ring (bicyclic) bond motifs is 3. The summed E-state index contributed by atoms with van der Waals surface area (Å²) in [7, 11) is 1.61. The highest BCUT2D eigenvalue weighted by atomic mass is 16.5. The fourth-order valence-electron chi connectivity index (χ4n) is 3.03. The number of nitrogens with zero attached hydrogens (tertiary/aromatic N) is 4. The highest BCUT2D eigenvalue weighted by Crippen LogP contribution is 2.38. The summed E-state index contributed by atoms with van der Waals surface area (Å²) in [6, 6.07) is 3.83. The van der Waals surface area contributed by atoms with Gasteiger partial charge in [0.2, 0.25) is 5.95 Å². The number of rotatable bonds is 3. The number of nitriles is 1. The van der Waals surface area contributed by atoms with E-state index in [2.05, 4.69) is 25.4 Å². The third-order valence-electron chi connectivity index (χ3n) is 4.11. The predicted molar refractivity (Wildman–Crippen MR) is 92.2 cm³/mol. The van der Waals surface area contributed by atoms with Crippen LogP contribution in [0.2, 0.25) is 0 Å². The van der Waals surface area contributed by atoms with E-state index >= 15 is 0 Å². The maximum Gasteiger partial charge on any atom is 0.214 e. The van der Waals surface area contributed by atoms with Gasteiger partial charge in [-0.05, 0) is 26.0 Å². The van der Waals surface area contributed by atoms with Gasteiger partial charge in [0, 0.05) is 10.9 Å². The van der Waals surface area contributed by atoms with Gasteiger partial charge in [-0.25, -0.2) is 4.98 Å². The molecule has 124 valence electrons. The molecular weight excluding hydrogens is 320 g/mol. The minimum absolute atomic E-state index is 0.376. The first kappa shape index (κ1) is 15.0. The number of pyridine rings is 1. The van der Waals surface area contributed by atoms with E-state index in [0.717, 1.165) is 39.0 Å². The van der Waals surface area contributed by atoms with Crippen molar-refractivity contribution in [3.05, 3.63) is 29.8 Å². The molecular formula is C17H14N6O2. The Hall–Kier alpha value is -3.60. The number of anilines is 1. The molecule has 8 nitrogen and oxygen atoms in total. The first-order valence-corrected chi connectivity index (χ1v) is 7.57. The van der Waals surface area contributed by atoms with Gasteiger partial charge in [0.1, 0.15) is 17.0 Å². The normalized spacial score (nSPS) is 11.0. The molecule has 0 radical (unpaired) electrons. The Kier molecular flexibility index (Phi) is 3.28. The monoisotopic (exact) mass is 334 g/mol. The zero-order valence-corrected chi connectivity index (χ0v) is 13.8. The fourth-order valence-corrected chi connectivity index (χ4v) is 3.03. The van der Waals surface area contributed by atoms with Crippen molar-refractivity contribution >= 4 is 27.9 Å². The Labute approximate surface area is 142 Å². The van der Waals surface area contributed by atoms with E-state index in [1.165, 1.54) is 0 Å². The number of H-pyrrole nitrogens is 1. The van der Waals surface area contributed by atoms with E-state index in [-0.39, 0.29) is 0 Å². The molecule has 0 aliphatic heterocycles. The fraction of sp³-hybridized carbons (Fsp3) is 0.176. The van der Waals surface area contributed by atoms with Crippen LogP contribution >= 0.6 is 0 Å². The van der Waals surface area contributed by atoms with Crippen LogP contribution in [0.25, 0.3) is 33.1 Å². The standard InChI is InChI=1S/C17H14N6O2/c1-8-15(9(2)25-23-8)11-4-12-10(5-14(11)24-3)16-13(6-19-12)21-17(22-16)20-7-18/h4-6H,1-3H3,(H2,20,21,22). The molecule has 4 aromatic rings. The van der Waals surface area contributed by atoms with Gasteiger partial charge in [-0.1, -0.05) is 5.16 Å². The number of aromatic nitrogens is 4. The average Bonchev–Trinajstić information content (AvgIpc) is 3.17. The summed E-state index contributed by atoms with van der Waals surface area (Å²) in [5, 5.41) is 16.1. The average molecular weight is 334 g/mol. The minimum atomic E-state index is 0.376. The molecule has 0 saturated carbocycles. The number of aryl methyl sites for hydroxylation is 2. The molecule has 0 saturated heterocycles. The summed E-state index contributed by atoms with van der Waals surface area (Å²) in [6.45, 7) is 3.75. The van der Waals surface area contributed by atoms with E-state index in [4.69, 9.17) is 14.5 Å². The summed E-state index contributed by atoms with van der Waals surface area (Å²) in [4.78, 5) is 11.9. The van der Waals surface area contributed by atoms with Crippen LogP contribution in [-0.2, 0) is 0 Å². The van der Waals surface area contributed by atoms with E-state index in [0.29, 0.717) is 17.2 Å². The zero-order valence-electron chi connectivity index (χ0n) is 13.8. The molecule has 2 N–H and O–H groups in total. The lowest BCUT2D eigenvalue weighted by atomic mass is 10.0. The van der Waals surface area contributed by atoms with Crippen molar-refractivity contribution in [2.45, 2.75) is 13.8 Å². The molecule has 0 spiro atoms. The SMILES string of the molecule is COc1cc2c(cc1-c1c(C)noc1C)ncc1[nH]c(NC#N)nc12. The summed E-state index contributed by atoms with van der Waals surface area (Å²) < 4.78 is 10.9. The Bertz CT molecular complexity index is 1130.